The third kappa shape index (κ3) is 2.54. The molecule has 0 fully saturated rings. The number of halogens is 1. The molecule has 0 radical (unpaired) electrons. The zero-order valence-corrected chi connectivity index (χ0v) is 11.8. The Bertz CT molecular complexity index is 695. The average molecular weight is 295 g/mol. The van der Waals surface area contributed by atoms with E-state index >= 15 is 0 Å². The summed E-state index contributed by atoms with van der Waals surface area (Å²) in [7, 11) is 0. The number of thiophene rings is 1. The van der Waals surface area contributed by atoms with E-state index in [1.54, 1.807) is 23.7 Å². The van der Waals surface area contributed by atoms with E-state index in [1.807, 2.05) is 0 Å². The lowest BCUT2D eigenvalue weighted by Gasteiger charge is -2.04. The first-order valence-electron chi connectivity index (χ1n) is 5.85. The molecule has 3 aromatic heterocycles. The molecule has 0 amide bonds. The van der Waals surface area contributed by atoms with Gasteiger partial charge < -0.3 is 9.84 Å². The Morgan fingerprint density at radius 2 is 2.32 bits per heavy atom. The number of aryl methyl sites for hydroxylation is 1. The number of aromatic nitrogens is 3. The molecule has 19 heavy (non-hydrogen) atoms. The molecule has 0 aliphatic rings. The number of hydrogen-bond donors (Lipinski definition) is 1. The van der Waals surface area contributed by atoms with Crippen LogP contribution in [0.15, 0.2) is 22.9 Å². The molecule has 3 aromatic rings. The van der Waals surface area contributed by atoms with Gasteiger partial charge in [-0.1, -0.05) is 12.1 Å². The molecule has 0 aliphatic carbocycles. The molecule has 0 bridgehead atoms. The zero-order chi connectivity index (χ0) is 13.2. The summed E-state index contributed by atoms with van der Waals surface area (Å²) in [5, 5.41) is 8.31. The van der Waals surface area contributed by atoms with Gasteiger partial charge in [0, 0.05) is 10.9 Å². The Hall–Kier alpha value is -1.66. The molecule has 0 spiro atoms. The van der Waals surface area contributed by atoms with E-state index in [0.29, 0.717) is 6.54 Å². The van der Waals surface area contributed by atoms with Gasteiger partial charge in [-0.05, 0) is 24.1 Å². The smallest absolute Gasteiger partial charge is 0.225 e. The molecule has 5 nitrogen and oxygen atoms in total. The molecular formula is C12H11ClN4OS. The lowest BCUT2D eigenvalue weighted by Crippen LogP contribution is -2.02. The zero-order valence-electron chi connectivity index (χ0n) is 10.2. The van der Waals surface area contributed by atoms with Crippen molar-refractivity contribution in [2.75, 3.05) is 5.32 Å². The molecule has 7 heteroatoms. The molecule has 0 aromatic carbocycles. The van der Waals surface area contributed by atoms with Crippen molar-refractivity contribution in [3.63, 3.8) is 0 Å². The lowest BCUT2D eigenvalue weighted by molar-refractivity contribution is 0.412. The minimum absolute atomic E-state index is 0.250. The SMILES string of the molecule is CCc1cc2c(NCc3ccon3)nc(Cl)nc2s1. The van der Waals surface area contributed by atoms with Crippen LogP contribution in [0, 0.1) is 0 Å². The van der Waals surface area contributed by atoms with Crippen LogP contribution in [0.2, 0.25) is 5.28 Å². The van der Waals surface area contributed by atoms with E-state index in [1.165, 1.54) is 4.88 Å². The third-order valence-corrected chi connectivity index (χ3v) is 4.04. The van der Waals surface area contributed by atoms with Crippen LogP contribution in [-0.4, -0.2) is 15.1 Å². The van der Waals surface area contributed by atoms with Crippen LogP contribution in [0.5, 0.6) is 0 Å². The van der Waals surface area contributed by atoms with E-state index in [-0.39, 0.29) is 5.28 Å². The van der Waals surface area contributed by atoms with Crippen LogP contribution in [-0.2, 0) is 13.0 Å². The number of nitrogens with zero attached hydrogens (tertiary/aromatic N) is 3. The minimum atomic E-state index is 0.250. The number of fused-ring (bicyclic) bond motifs is 1. The number of hydrogen-bond acceptors (Lipinski definition) is 6. The van der Waals surface area contributed by atoms with Crippen LogP contribution < -0.4 is 5.32 Å². The van der Waals surface area contributed by atoms with Gasteiger partial charge in [-0.3, -0.25) is 0 Å². The van der Waals surface area contributed by atoms with Gasteiger partial charge in [0.05, 0.1) is 11.9 Å². The van der Waals surface area contributed by atoms with Crippen molar-refractivity contribution in [1.82, 2.24) is 15.1 Å². The molecular weight excluding hydrogens is 284 g/mol. The van der Waals surface area contributed by atoms with Crippen molar-refractivity contribution in [1.29, 1.82) is 0 Å². The van der Waals surface area contributed by atoms with Crippen molar-refractivity contribution in [2.45, 2.75) is 19.9 Å². The third-order valence-electron chi connectivity index (χ3n) is 2.69. The number of nitrogens with one attached hydrogen (secondary N) is 1. The Morgan fingerprint density at radius 1 is 1.42 bits per heavy atom. The van der Waals surface area contributed by atoms with Crippen molar-refractivity contribution in [3.8, 4) is 0 Å². The van der Waals surface area contributed by atoms with Crippen LogP contribution in [0.4, 0.5) is 5.82 Å². The highest BCUT2D eigenvalue weighted by Crippen LogP contribution is 2.30. The van der Waals surface area contributed by atoms with Crippen LogP contribution >= 0.6 is 22.9 Å². The number of anilines is 1. The Kier molecular flexibility index (Phi) is 3.35. The topological polar surface area (TPSA) is 63.8 Å². The standard InChI is InChI=1S/C12H11ClN4OS/c1-2-8-5-9-10(14-6-7-3-4-18-17-7)15-12(13)16-11(9)19-8/h3-5H,2,6H2,1H3,(H,14,15,16). The van der Waals surface area contributed by atoms with Gasteiger partial charge in [0.25, 0.3) is 0 Å². The number of rotatable bonds is 4. The maximum Gasteiger partial charge on any atom is 0.225 e. The molecule has 3 rings (SSSR count). The maximum absolute atomic E-state index is 5.95. The first-order valence-corrected chi connectivity index (χ1v) is 7.05. The van der Waals surface area contributed by atoms with Crippen LogP contribution in [0.25, 0.3) is 10.2 Å². The summed E-state index contributed by atoms with van der Waals surface area (Å²) in [5.74, 6) is 0.731. The molecule has 0 saturated carbocycles. The van der Waals surface area contributed by atoms with E-state index in [4.69, 9.17) is 16.1 Å². The monoisotopic (exact) mass is 294 g/mol. The van der Waals surface area contributed by atoms with Crippen molar-refractivity contribution >= 4 is 39.0 Å². The molecule has 98 valence electrons. The van der Waals surface area contributed by atoms with Crippen molar-refractivity contribution < 1.29 is 4.52 Å². The van der Waals surface area contributed by atoms with E-state index in [0.717, 1.165) is 28.1 Å². The largest absolute Gasteiger partial charge is 0.364 e. The van der Waals surface area contributed by atoms with Crippen molar-refractivity contribution in [3.05, 3.63) is 34.3 Å². The summed E-state index contributed by atoms with van der Waals surface area (Å²) < 4.78 is 4.79. The minimum Gasteiger partial charge on any atom is -0.364 e. The van der Waals surface area contributed by atoms with Gasteiger partial charge in [0.1, 0.15) is 22.6 Å². The molecule has 1 N–H and O–H groups in total. The Balaban J connectivity index is 1.94. The van der Waals surface area contributed by atoms with Crippen molar-refractivity contribution in [2.24, 2.45) is 0 Å². The molecule has 3 heterocycles. The second-order valence-electron chi connectivity index (χ2n) is 3.97. The van der Waals surface area contributed by atoms with E-state index < -0.39 is 0 Å². The quantitative estimate of drug-likeness (QED) is 0.746. The van der Waals surface area contributed by atoms with Gasteiger partial charge in [-0.15, -0.1) is 11.3 Å². The Morgan fingerprint density at radius 3 is 3.05 bits per heavy atom. The van der Waals surface area contributed by atoms with Gasteiger partial charge in [0.2, 0.25) is 5.28 Å². The van der Waals surface area contributed by atoms with Crippen LogP contribution in [0.1, 0.15) is 17.5 Å². The first-order chi connectivity index (χ1) is 9.26. The van der Waals surface area contributed by atoms with Gasteiger partial charge >= 0.3 is 0 Å². The highest BCUT2D eigenvalue weighted by molar-refractivity contribution is 7.18. The first kappa shape index (κ1) is 12.4. The summed E-state index contributed by atoms with van der Waals surface area (Å²) >= 11 is 7.59. The fourth-order valence-corrected chi connectivity index (χ4v) is 2.94. The van der Waals surface area contributed by atoms with Gasteiger partial charge in [0.15, 0.2) is 0 Å². The second kappa shape index (κ2) is 5.14. The normalized spacial score (nSPS) is 11.1. The lowest BCUT2D eigenvalue weighted by atomic mass is 10.3. The molecule has 0 unspecified atom stereocenters. The van der Waals surface area contributed by atoms with Gasteiger partial charge in [-0.2, -0.15) is 0 Å². The summed E-state index contributed by atoms with van der Waals surface area (Å²) in [6, 6.07) is 3.90. The van der Waals surface area contributed by atoms with E-state index in [2.05, 4.69) is 33.4 Å². The Labute approximate surface area is 118 Å². The predicted molar refractivity (Wildman–Crippen MR) is 75.6 cm³/mol. The van der Waals surface area contributed by atoms with E-state index in [9.17, 15) is 0 Å². The molecule has 0 atom stereocenters. The van der Waals surface area contributed by atoms with Crippen LogP contribution in [0.3, 0.4) is 0 Å². The summed E-state index contributed by atoms with van der Waals surface area (Å²) in [4.78, 5) is 10.7. The molecule has 0 saturated heterocycles. The van der Waals surface area contributed by atoms with Gasteiger partial charge in [-0.25, -0.2) is 9.97 Å². The summed E-state index contributed by atoms with van der Waals surface area (Å²) in [6.45, 7) is 2.65. The highest BCUT2D eigenvalue weighted by Gasteiger charge is 2.10. The fourth-order valence-electron chi connectivity index (χ4n) is 1.76. The second-order valence-corrected chi connectivity index (χ2v) is 5.42. The predicted octanol–water partition coefficient (Wildman–Crippen LogP) is 3.51. The summed E-state index contributed by atoms with van der Waals surface area (Å²) in [6.07, 6.45) is 2.51. The summed E-state index contributed by atoms with van der Waals surface area (Å²) in [5.41, 5.74) is 0.814. The highest BCUT2D eigenvalue weighted by atomic mass is 35.5. The average Bonchev–Trinajstić information content (AvgIpc) is 3.04. The fraction of sp³-hybridized carbons (Fsp3) is 0.250. The maximum atomic E-state index is 5.95. The molecule has 0 aliphatic heterocycles.